The first-order chi connectivity index (χ1) is 12.7. The second kappa shape index (κ2) is 7.25. The van der Waals surface area contributed by atoms with Gasteiger partial charge in [-0.25, -0.2) is 4.98 Å². The number of rotatable bonds is 5. The van der Waals surface area contributed by atoms with E-state index in [1.54, 1.807) is 18.7 Å². The molecule has 1 aliphatic rings. The molecule has 1 atom stereocenters. The molecule has 134 valence electrons. The third kappa shape index (κ3) is 3.46. The van der Waals surface area contributed by atoms with E-state index in [0.29, 0.717) is 18.0 Å². The van der Waals surface area contributed by atoms with E-state index in [1.165, 1.54) is 0 Å². The monoisotopic (exact) mass is 349 g/mol. The molecule has 2 aromatic heterocycles. The first-order valence-electron chi connectivity index (χ1n) is 9.03. The Morgan fingerprint density at radius 1 is 1.38 bits per heavy atom. The smallest absolute Gasteiger partial charge is 0.251 e. The molecule has 0 aliphatic carbocycles. The van der Waals surface area contributed by atoms with Gasteiger partial charge in [0.2, 0.25) is 0 Å². The minimum absolute atomic E-state index is 0.0107. The summed E-state index contributed by atoms with van der Waals surface area (Å²) in [5, 5.41) is 5.05. The van der Waals surface area contributed by atoms with Gasteiger partial charge in [-0.1, -0.05) is 12.1 Å². The molecule has 1 aliphatic heterocycles. The summed E-state index contributed by atoms with van der Waals surface area (Å²) >= 11 is 0. The molecule has 4 rings (SSSR count). The molecule has 1 unspecified atom stereocenters. The quantitative estimate of drug-likeness (QED) is 0.742. The number of H-pyrrole nitrogens is 1. The van der Waals surface area contributed by atoms with Crippen LogP contribution >= 0.6 is 0 Å². The van der Waals surface area contributed by atoms with E-state index in [1.807, 2.05) is 24.3 Å². The Hall–Kier alpha value is -2.73. The van der Waals surface area contributed by atoms with Crippen LogP contribution in [0.3, 0.4) is 0 Å². The first kappa shape index (κ1) is 16.7. The Bertz CT molecular complexity index is 914. The molecule has 26 heavy (non-hydrogen) atoms. The minimum Gasteiger partial charge on any atom is -0.352 e. The Kier molecular flexibility index (Phi) is 4.67. The third-order valence-electron chi connectivity index (χ3n) is 5.15. The molecular formula is C20H23N5O. The van der Waals surface area contributed by atoms with Gasteiger partial charge >= 0.3 is 0 Å². The summed E-state index contributed by atoms with van der Waals surface area (Å²) in [6, 6.07) is 7.65. The van der Waals surface area contributed by atoms with E-state index in [4.69, 9.17) is 0 Å². The molecule has 1 saturated heterocycles. The average Bonchev–Trinajstić information content (AvgIpc) is 3.29. The second-order valence-electron chi connectivity index (χ2n) is 6.98. The van der Waals surface area contributed by atoms with Crippen LogP contribution in [0.2, 0.25) is 0 Å². The normalized spacial score (nSPS) is 17.7. The van der Waals surface area contributed by atoms with Crippen LogP contribution in [0.15, 0.2) is 43.0 Å². The maximum atomic E-state index is 12.6. The number of nitrogens with one attached hydrogen (secondary N) is 2. The van der Waals surface area contributed by atoms with Crippen LogP contribution in [0, 0.1) is 12.8 Å². The van der Waals surface area contributed by atoms with E-state index < -0.39 is 0 Å². The number of aromatic amines is 1. The molecule has 3 aromatic rings. The Labute approximate surface area is 152 Å². The largest absolute Gasteiger partial charge is 0.352 e. The summed E-state index contributed by atoms with van der Waals surface area (Å²) in [6.45, 7) is 5.67. The number of pyridine rings is 1. The van der Waals surface area contributed by atoms with E-state index in [9.17, 15) is 4.79 Å². The van der Waals surface area contributed by atoms with Crippen LogP contribution < -0.4 is 5.32 Å². The standard InChI is InChI=1S/C20H23N5O/c1-14-19(24-13-23-14)12-25-8-6-15(11-25)9-22-20(26)18-4-2-3-16-10-21-7-5-17(16)18/h2-5,7,10,13,15H,6,8-9,11-12H2,1H3,(H,22,26)(H,23,24). The molecule has 0 saturated carbocycles. The molecule has 3 heterocycles. The number of likely N-dealkylation sites (tertiary alicyclic amines) is 1. The topological polar surface area (TPSA) is 73.9 Å². The number of carbonyl (C=O) groups is 1. The maximum Gasteiger partial charge on any atom is 0.251 e. The van der Waals surface area contributed by atoms with Crippen molar-refractivity contribution in [3.05, 3.63) is 59.9 Å². The summed E-state index contributed by atoms with van der Waals surface area (Å²) in [5.74, 6) is 0.471. The number of hydrogen-bond donors (Lipinski definition) is 2. The molecule has 0 radical (unpaired) electrons. The number of imidazole rings is 1. The zero-order valence-electron chi connectivity index (χ0n) is 14.9. The van der Waals surface area contributed by atoms with Crippen LogP contribution in [0.1, 0.15) is 28.2 Å². The summed E-state index contributed by atoms with van der Waals surface area (Å²) in [6.07, 6.45) is 6.37. The van der Waals surface area contributed by atoms with Crippen molar-refractivity contribution in [1.82, 2.24) is 25.2 Å². The van der Waals surface area contributed by atoms with Crippen LogP contribution in [0.4, 0.5) is 0 Å². The maximum absolute atomic E-state index is 12.6. The van der Waals surface area contributed by atoms with Crippen LogP contribution in [-0.4, -0.2) is 45.4 Å². The summed E-state index contributed by atoms with van der Waals surface area (Å²) in [7, 11) is 0. The Balaban J connectivity index is 1.34. The van der Waals surface area contributed by atoms with Crippen molar-refractivity contribution in [2.24, 2.45) is 5.92 Å². The van der Waals surface area contributed by atoms with Crippen LogP contribution in [0.5, 0.6) is 0 Å². The van der Waals surface area contributed by atoms with Gasteiger partial charge in [-0.2, -0.15) is 0 Å². The predicted octanol–water partition coefficient (Wildman–Crippen LogP) is 2.52. The highest BCUT2D eigenvalue weighted by Crippen LogP contribution is 2.20. The van der Waals surface area contributed by atoms with Gasteiger partial charge in [-0.05, 0) is 43.3 Å². The highest BCUT2D eigenvalue weighted by molar-refractivity contribution is 6.06. The molecule has 1 fully saturated rings. The van der Waals surface area contributed by atoms with Crippen molar-refractivity contribution in [3.63, 3.8) is 0 Å². The number of nitrogens with zero attached hydrogens (tertiary/aromatic N) is 3. The Morgan fingerprint density at radius 3 is 3.15 bits per heavy atom. The van der Waals surface area contributed by atoms with Crippen molar-refractivity contribution in [3.8, 4) is 0 Å². The highest BCUT2D eigenvalue weighted by Gasteiger charge is 2.24. The van der Waals surface area contributed by atoms with Gasteiger partial charge in [0.25, 0.3) is 5.91 Å². The lowest BCUT2D eigenvalue weighted by Crippen LogP contribution is -2.31. The third-order valence-corrected chi connectivity index (χ3v) is 5.15. The Morgan fingerprint density at radius 2 is 2.31 bits per heavy atom. The average molecular weight is 349 g/mol. The lowest BCUT2D eigenvalue weighted by molar-refractivity contribution is 0.0949. The fourth-order valence-corrected chi connectivity index (χ4v) is 3.63. The molecule has 0 bridgehead atoms. The second-order valence-corrected chi connectivity index (χ2v) is 6.98. The van der Waals surface area contributed by atoms with E-state index >= 15 is 0 Å². The zero-order chi connectivity index (χ0) is 17.9. The number of carbonyl (C=O) groups excluding carboxylic acids is 1. The summed E-state index contributed by atoms with van der Waals surface area (Å²) in [5.41, 5.74) is 2.96. The van der Waals surface area contributed by atoms with Crippen molar-refractivity contribution in [2.45, 2.75) is 19.9 Å². The number of aromatic nitrogens is 3. The zero-order valence-corrected chi connectivity index (χ0v) is 14.9. The van der Waals surface area contributed by atoms with E-state index in [0.717, 1.165) is 48.2 Å². The molecule has 6 heteroatoms. The molecule has 0 spiro atoms. The number of benzene rings is 1. The SMILES string of the molecule is Cc1[nH]cnc1CN1CCC(CNC(=O)c2cccc3cnccc23)C1. The van der Waals surface area contributed by atoms with Gasteiger partial charge in [-0.15, -0.1) is 0 Å². The van der Waals surface area contributed by atoms with Crippen molar-refractivity contribution >= 4 is 16.7 Å². The van der Waals surface area contributed by atoms with Gasteiger partial charge in [0.15, 0.2) is 0 Å². The molecule has 1 amide bonds. The number of amides is 1. The van der Waals surface area contributed by atoms with Gasteiger partial charge in [0, 0.05) is 48.7 Å². The number of fused-ring (bicyclic) bond motifs is 1. The van der Waals surface area contributed by atoms with Crippen LogP contribution in [0.25, 0.3) is 10.8 Å². The molecular weight excluding hydrogens is 326 g/mol. The fraction of sp³-hybridized carbons (Fsp3) is 0.350. The van der Waals surface area contributed by atoms with Gasteiger partial charge in [-0.3, -0.25) is 14.7 Å². The molecule has 2 N–H and O–H groups in total. The van der Waals surface area contributed by atoms with E-state index in [2.05, 4.69) is 32.1 Å². The summed E-state index contributed by atoms with van der Waals surface area (Å²) < 4.78 is 0. The van der Waals surface area contributed by atoms with Crippen molar-refractivity contribution in [2.75, 3.05) is 19.6 Å². The predicted molar refractivity (Wildman–Crippen MR) is 101 cm³/mol. The van der Waals surface area contributed by atoms with Gasteiger partial charge < -0.3 is 10.3 Å². The van der Waals surface area contributed by atoms with Crippen molar-refractivity contribution in [1.29, 1.82) is 0 Å². The van der Waals surface area contributed by atoms with Crippen LogP contribution in [-0.2, 0) is 6.54 Å². The van der Waals surface area contributed by atoms with Gasteiger partial charge in [0.1, 0.15) is 0 Å². The summed E-state index contributed by atoms with van der Waals surface area (Å²) in [4.78, 5) is 26.7. The van der Waals surface area contributed by atoms with Crippen molar-refractivity contribution < 1.29 is 4.79 Å². The van der Waals surface area contributed by atoms with E-state index in [-0.39, 0.29) is 5.91 Å². The number of hydrogen-bond acceptors (Lipinski definition) is 4. The van der Waals surface area contributed by atoms with Gasteiger partial charge in [0.05, 0.1) is 12.0 Å². The minimum atomic E-state index is -0.0107. The molecule has 6 nitrogen and oxygen atoms in total. The molecule has 1 aromatic carbocycles. The first-order valence-corrected chi connectivity index (χ1v) is 9.03. The lowest BCUT2D eigenvalue weighted by Gasteiger charge is -2.16. The lowest BCUT2D eigenvalue weighted by atomic mass is 10.1. The fourth-order valence-electron chi connectivity index (χ4n) is 3.63. The highest BCUT2D eigenvalue weighted by atomic mass is 16.1. The number of aryl methyl sites for hydroxylation is 1.